The molecule has 0 aromatic carbocycles. The van der Waals surface area contributed by atoms with Crippen molar-refractivity contribution in [2.45, 2.75) is 19.4 Å². The summed E-state index contributed by atoms with van der Waals surface area (Å²) in [7, 11) is 0. The SMILES string of the molecule is CCC1COCCN1C(=O)c1ncccc1N. The molecule has 0 aliphatic carbocycles. The highest BCUT2D eigenvalue weighted by Crippen LogP contribution is 2.16. The lowest BCUT2D eigenvalue weighted by atomic mass is 10.1. The number of aromatic nitrogens is 1. The van der Waals surface area contributed by atoms with Crippen LogP contribution >= 0.6 is 0 Å². The molecule has 1 atom stereocenters. The molecular formula is C12H17N3O2. The Morgan fingerprint density at radius 2 is 2.53 bits per heavy atom. The summed E-state index contributed by atoms with van der Waals surface area (Å²) in [6, 6.07) is 3.54. The molecule has 1 fully saturated rings. The van der Waals surface area contributed by atoms with Crippen LogP contribution in [0, 0.1) is 0 Å². The molecule has 1 aromatic rings. The van der Waals surface area contributed by atoms with Gasteiger partial charge in [0.25, 0.3) is 5.91 Å². The summed E-state index contributed by atoms with van der Waals surface area (Å²) in [6.45, 7) is 3.82. The quantitative estimate of drug-likeness (QED) is 0.827. The first-order chi connectivity index (χ1) is 8.24. The number of nitrogens with two attached hydrogens (primary N) is 1. The number of rotatable bonds is 2. The molecule has 2 heterocycles. The van der Waals surface area contributed by atoms with E-state index >= 15 is 0 Å². The van der Waals surface area contributed by atoms with Crippen molar-refractivity contribution in [2.24, 2.45) is 0 Å². The number of nitrogens with zero attached hydrogens (tertiary/aromatic N) is 2. The summed E-state index contributed by atoms with van der Waals surface area (Å²) in [4.78, 5) is 18.2. The maximum Gasteiger partial charge on any atom is 0.275 e. The molecule has 92 valence electrons. The van der Waals surface area contributed by atoms with E-state index in [1.807, 2.05) is 11.8 Å². The summed E-state index contributed by atoms with van der Waals surface area (Å²) in [5.74, 6) is -0.0988. The van der Waals surface area contributed by atoms with Gasteiger partial charge in [0.1, 0.15) is 0 Å². The van der Waals surface area contributed by atoms with Gasteiger partial charge in [-0.2, -0.15) is 0 Å². The molecule has 0 saturated carbocycles. The van der Waals surface area contributed by atoms with Gasteiger partial charge in [0, 0.05) is 12.7 Å². The van der Waals surface area contributed by atoms with Crippen molar-refractivity contribution in [3.8, 4) is 0 Å². The molecule has 1 saturated heterocycles. The summed E-state index contributed by atoms with van der Waals surface area (Å²) < 4.78 is 5.37. The van der Waals surface area contributed by atoms with Crippen LogP contribution in [0.2, 0.25) is 0 Å². The van der Waals surface area contributed by atoms with Crippen LogP contribution in [0.4, 0.5) is 5.69 Å². The van der Waals surface area contributed by atoms with E-state index in [2.05, 4.69) is 4.98 Å². The molecule has 2 N–H and O–H groups in total. The van der Waals surface area contributed by atoms with Crippen molar-refractivity contribution in [3.63, 3.8) is 0 Å². The van der Waals surface area contributed by atoms with Crippen molar-refractivity contribution < 1.29 is 9.53 Å². The fourth-order valence-electron chi connectivity index (χ4n) is 1.99. The van der Waals surface area contributed by atoms with E-state index in [9.17, 15) is 4.79 Å². The Morgan fingerprint density at radius 1 is 1.71 bits per heavy atom. The van der Waals surface area contributed by atoms with Gasteiger partial charge in [-0.15, -0.1) is 0 Å². The first kappa shape index (κ1) is 11.9. The van der Waals surface area contributed by atoms with Crippen LogP contribution < -0.4 is 5.73 Å². The van der Waals surface area contributed by atoms with Crippen LogP contribution in [0.3, 0.4) is 0 Å². The van der Waals surface area contributed by atoms with Crippen LogP contribution in [-0.2, 0) is 4.74 Å². The van der Waals surface area contributed by atoms with Gasteiger partial charge in [-0.05, 0) is 18.6 Å². The topological polar surface area (TPSA) is 68.5 Å². The number of amides is 1. The van der Waals surface area contributed by atoms with Crippen LogP contribution in [0.1, 0.15) is 23.8 Å². The first-order valence-electron chi connectivity index (χ1n) is 5.83. The molecule has 0 radical (unpaired) electrons. The molecule has 1 amide bonds. The summed E-state index contributed by atoms with van der Waals surface area (Å²) in [5.41, 5.74) is 6.54. The molecule has 1 unspecified atom stereocenters. The second-order valence-electron chi connectivity index (χ2n) is 4.08. The van der Waals surface area contributed by atoms with Gasteiger partial charge < -0.3 is 15.4 Å². The number of pyridine rings is 1. The number of hydrogen-bond donors (Lipinski definition) is 1. The van der Waals surface area contributed by atoms with Crippen molar-refractivity contribution in [3.05, 3.63) is 24.0 Å². The van der Waals surface area contributed by atoms with Crippen molar-refractivity contribution in [1.29, 1.82) is 0 Å². The van der Waals surface area contributed by atoms with Gasteiger partial charge in [-0.25, -0.2) is 4.98 Å². The van der Waals surface area contributed by atoms with Gasteiger partial charge in [0.05, 0.1) is 24.9 Å². The number of morpholine rings is 1. The van der Waals surface area contributed by atoms with E-state index in [0.717, 1.165) is 6.42 Å². The van der Waals surface area contributed by atoms with Crippen LogP contribution in [0.25, 0.3) is 0 Å². The molecule has 0 bridgehead atoms. The van der Waals surface area contributed by atoms with E-state index < -0.39 is 0 Å². The largest absolute Gasteiger partial charge is 0.397 e. The lowest BCUT2D eigenvalue weighted by Gasteiger charge is -2.35. The molecule has 5 nitrogen and oxygen atoms in total. The molecule has 2 rings (SSSR count). The molecule has 0 spiro atoms. The average molecular weight is 235 g/mol. The standard InChI is InChI=1S/C12H17N3O2/c1-2-9-8-17-7-6-15(9)12(16)11-10(13)4-3-5-14-11/h3-5,9H,2,6-8,13H2,1H3. The zero-order valence-electron chi connectivity index (χ0n) is 9.93. The lowest BCUT2D eigenvalue weighted by Crippen LogP contribution is -2.48. The maximum atomic E-state index is 12.3. The van der Waals surface area contributed by atoms with E-state index in [1.54, 1.807) is 18.3 Å². The number of hydrogen-bond acceptors (Lipinski definition) is 4. The number of ether oxygens (including phenoxy) is 1. The van der Waals surface area contributed by atoms with E-state index in [-0.39, 0.29) is 11.9 Å². The Kier molecular flexibility index (Phi) is 3.58. The third-order valence-corrected chi connectivity index (χ3v) is 3.00. The molecular weight excluding hydrogens is 218 g/mol. The molecule has 1 aliphatic rings. The van der Waals surface area contributed by atoms with Crippen molar-refractivity contribution in [2.75, 3.05) is 25.5 Å². The van der Waals surface area contributed by atoms with E-state index in [1.165, 1.54) is 0 Å². The van der Waals surface area contributed by atoms with Crippen molar-refractivity contribution >= 4 is 11.6 Å². The maximum absolute atomic E-state index is 12.3. The van der Waals surface area contributed by atoms with Gasteiger partial charge in [0.15, 0.2) is 5.69 Å². The van der Waals surface area contributed by atoms with Crippen molar-refractivity contribution in [1.82, 2.24) is 9.88 Å². The fourth-order valence-corrected chi connectivity index (χ4v) is 1.99. The smallest absolute Gasteiger partial charge is 0.275 e. The third kappa shape index (κ3) is 2.39. The second kappa shape index (κ2) is 5.14. The number of anilines is 1. The normalized spacial score (nSPS) is 20.3. The summed E-state index contributed by atoms with van der Waals surface area (Å²) >= 11 is 0. The Labute approximate surface area is 101 Å². The minimum absolute atomic E-state index is 0.0988. The minimum Gasteiger partial charge on any atom is -0.397 e. The summed E-state index contributed by atoms with van der Waals surface area (Å²) in [6.07, 6.45) is 2.46. The van der Waals surface area contributed by atoms with Crippen LogP contribution in [-0.4, -0.2) is 41.6 Å². The predicted molar refractivity (Wildman–Crippen MR) is 64.6 cm³/mol. The number of nitrogen functional groups attached to an aromatic ring is 1. The van der Waals surface area contributed by atoms with Gasteiger partial charge in [-0.3, -0.25) is 4.79 Å². The van der Waals surface area contributed by atoms with Gasteiger partial charge >= 0.3 is 0 Å². The van der Waals surface area contributed by atoms with Gasteiger partial charge in [-0.1, -0.05) is 6.92 Å². The Morgan fingerprint density at radius 3 is 3.24 bits per heavy atom. The first-order valence-corrected chi connectivity index (χ1v) is 5.83. The Hall–Kier alpha value is -1.62. The lowest BCUT2D eigenvalue weighted by molar-refractivity contribution is -0.00304. The third-order valence-electron chi connectivity index (χ3n) is 3.00. The second-order valence-corrected chi connectivity index (χ2v) is 4.08. The molecule has 1 aromatic heterocycles. The minimum atomic E-state index is -0.0988. The van der Waals surface area contributed by atoms with Crippen LogP contribution in [0.5, 0.6) is 0 Å². The molecule has 5 heteroatoms. The highest BCUT2D eigenvalue weighted by molar-refractivity contribution is 5.97. The molecule has 1 aliphatic heterocycles. The number of carbonyl (C=O) groups is 1. The van der Waals surface area contributed by atoms with Gasteiger partial charge in [0.2, 0.25) is 0 Å². The van der Waals surface area contributed by atoms with E-state index in [4.69, 9.17) is 10.5 Å². The zero-order valence-corrected chi connectivity index (χ0v) is 9.93. The summed E-state index contributed by atoms with van der Waals surface area (Å²) in [5, 5.41) is 0. The van der Waals surface area contributed by atoms with Crippen LogP contribution in [0.15, 0.2) is 18.3 Å². The Balaban J connectivity index is 2.21. The molecule has 17 heavy (non-hydrogen) atoms. The average Bonchev–Trinajstić information content (AvgIpc) is 2.38. The monoisotopic (exact) mass is 235 g/mol. The highest BCUT2D eigenvalue weighted by Gasteiger charge is 2.28. The zero-order chi connectivity index (χ0) is 12.3. The Bertz CT molecular complexity index is 408. The fraction of sp³-hybridized carbons (Fsp3) is 0.500. The highest BCUT2D eigenvalue weighted by atomic mass is 16.5. The van der Waals surface area contributed by atoms with E-state index in [0.29, 0.717) is 31.1 Å². The number of carbonyl (C=O) groups excluding carboxylic acids is 1. The predicted octanol–water partition coefficient (Wildman–Crippen LogP) is 0.915.